The van der Waals surface area contributed by atoms with Crippen molar-refractivity contribution in [2.24, 2.45) is 11.8 Å². The largest absolute Gasteiger partial charge is 0.503 e. The van der Waals surface area contributed by atoms with Crippen molar-refractivity contribution in [3.63, 3.8) is 0 Å². The van der Waals surface area contributed by atoms with Crippen LogP contribution in [0, 0.1) is 25.7 Å². The van der Waals surface area contributed by atoms with E-state index in [-0.39, 0.29) is 5.91 Å². The third kappa shape index (κ3) is 7.89. The topological polar surface area (TPSA) is 95.9 Å². The molecule has 6 heteroatoms. The molecular formula is C21H33NO5. The summed E-state index contributed by atoms with van der Waals surface area (Å²) in [4.78, 5) is 21.0. The number of hydrogen-bond acceptors (Lipinski definition) is 3. The first kappa shape index (κ1) is 22.8. The first-order valence-corrected chi connectivity index (χ1v) is 9.49. The zero-order chi connectivity index (χ0) is 20.6. The van der Waals surface area contributed by atoms with Crippen molar-refractivity contribution >= 4 is 12.1 Å². The van der Waals surface area contributed by atoms with E-state index in [1.807, 2.05) is 26.0 Å². The average molecular weight is 379 g/mol. The maximum Gasteiger partial charge on any atom is 0.503 e. The van der Waals surface area contributed by atoms with Gasteiger partial charge in [-0.3, -0.25) is 4.79 Å². The lowest BCUT2D eigenvalue weighted by atomic mass is 9.79. The molecule has 27 heavy (non-hydrogen) atoms. The second-order valence-electron chi connectivity index (χ2n) is 7.62. The number of rotatable bonds is 5. The Kier molecular flexibility index (Phi) is 9.12. The van der Waals surface area contributed by atoms with Gasteiger partial charge in [-0.15, -0.1) is 0 Å². The van der Waals surface area contributed by atoms with Crippen LogP contribution in [0.1, 0.15) is 56.2 Å². The van der Waals surface area contributed by atoms with Gasteiger partial charge in [-0.05, 0) is 80.2 Å². The van der Waals surface area contributed by atoms with Crippen molar-refractivity contribution in [1.82, 2.24) is 5.32 Å². The molecule has 0 spiro atoms. The fourth-order valence-corrected chi connectivity index (χ4v) is 3.72. The van der Waals surface area contributed by atoms with E-state index < -0.39 is 6.16 Å². The number of methoxy groups -OCH3 is 1. The minimum absolute atomic E-state index is 0.148. The van der Waals surface area contributed by atoms with Crippen LogP contribution in [0.15, 0.2) is 12.1 Å². The normalized spacial score (nSPS) is 19.0. The van der Waals surface area contributed by atoms with Crippen molar-refractivity contribution in [2.75, 3.05) is 7.11 Å². The highest BCUT2D eigenvalue weighted by atomic mass is 16.6. The van der Waals surface area contributed by atoms with Crippen LogP contribution in [0.2, 0.25) is 0 Å². The second-order valence-corrected chi connectivity index (χ2v) is 7.62. The standard InChI is InChI=1S/C20H31NO2.CH2O3/c1-13(2)16-6-8-17(9-7-16)21-20(22)12-19-14(3)10-18(23-5)11-15(19)4;2-1(3)4/h10-11,13,16-17H,6-9,12H2,1-5H3,(H,21,22);(H2,2,3,4). The van der Waals surface area contributed by atoms with Crippen LogP contribution in [0.25, 0.3) is 0 Å². The molecule has 2 rings (SSSR count). The predicted molar refractivity (Wildman–Crippen MR) is 106 cm³/mol. The van der Waals surface area contributed by atoms with Crippen LogP contribution < -0.4 is 10.1 Å². The maximum atomic E-state index is 12.4. The molecule has 152 valence electrons. The minimum atomic E-state index is -1.83. The highest BCUT2D eigenvalue weighted by Gasteiger charge is 2.24. The van der Waals surface area contributed by atoms with Gasteiger partial charge in [-0.1, -0.05) is 13.8 Å². The molecule has 1 aromatic carbocycles. The number of carbonyl (C=O) groups excluding carboxylic acids is 1. The molecule has 0 bridgehead atoms. The Hall–Kier alpha value is -2.24. The Bertz CT molecular complexity index is 606. The van der Waals surface area contributed by atoms with Gasteiger partial charge in [-0.2, -0.15) is 0 Å². The van der Waals surface area contributed by atoms with Crippen LogP contribution in [0.4, 0.5) is 4.79 Å². The molecule has 0 unspecified atom stereocenters. The fourth-order valence-electron chi connectivity index (χ4n) is 3.72. The van der Waals surface area contributed by atoms with E-state index in [0.717, 1.165) is 47.1 Å². The number of nitrogens with one attached hydrogen (secondary N) is 1. The summed E-state index contributed by atoms with van der Waals surface area (Å²) in [7, 11) is 1.67. The average Bonchev–Trinajstić information content (AvgIpc) is 2.58. The number of ether oxygens (including phenoxy) is 1. The van der Waals surface area contributed by atoms with E-state index >= 15 is 0 Å². The third-order valence-electron chi connectivity index (χ3n) is 5.32. The molecule has 1 aromatic rings. The Labute approximate surface area is 161 Å². The van der Waals surface area contributed by atoms with Crippen molar-refractivity contribution in [3.8, 4) is 5.75 Å². The van der Waals surface area contributed by atoms with Crippen molar-refractivity contribution in [2.45, 2.75) is 65.8 Å². The van der Waals surface area contributed by atoms with Gasteiger partial charge in [0.05, 0.1) is 13.5 Å². The maximum absolute atomic E-state index is 12.4. The molecule has 0 radical (unpaired) electrons. The molecular weight excluding hydrogens is 346 g/mol. The van der Waals surface area contributed by atoms with Gasteiger partial charge in [-0.25, -0.2) is 4.79 Å². The number of amides is 1. The molecule has 0 aromatic heterocycles. The van der Waals surface area contributed by atoms with Gasteiger partial charge in [0.1, 0.15) is 5.75 Å². The molecule has 1 aliphatic rings. The molecule has 0 atom stereocenters. The summed E-state index contributed by atoms with van der Waals surface area (Å²) in [5.41, 5.74) is 3.38. The predicted octanol–water partition coefficient (Wildman–Crippen LogP) is 4.41. The molecule has 3 N–H and O–H groups in total. The van der Waals surface area contributed by atoms with E-state index in [0.29, 0.717) is 12.5 Å². The molecule has 1 amide bonds. The van der Waals surface area contributed by atoms with Crippen LogP contribution >= 0.6 is 0 Å². The summed E-state index contributed by atoms with van der Waals surface area (Å²) >= 11 is 0. The first-order chi connectivity index (χ1) is 12.6. The highest BCUT2D eigenvalue weighted by molar-refractivity contribution is 5.79. The lowest BCUT2D eigenvalue weighted by molar-refractivity contribution is -0.121. The number of aryl methyl sites for hydroxylation is 2. The molecule has 1 aliphatic carbocycles. The van der Waals surface area contributed by atoms with Crippen molar-refractivity contribution in [1.29, 1.82) is 0 Å². The van der Waals surface area contributed by atoms with E-state index in [1.54, 1.807) is 7.11 Å². The summed E-state index contributed by atoms with van der Waals surface area (Å²) in [6.07, 6.45) is 3.35. The fraction of sp³-hybridized carbons (Fsp3) is 0.619. The number of carbonyl (C=O) groups is 2. The summed E-state index contributed by atoms with van der Waals surface area (Å²) < 4.78 is 5.29. The van der Waals surface area contributed by atoms with Gasteiger partial charge in [0.15, 0.2) is 0 Å². The third-order valence-corrected chi connectivity index (χ3v) is 5.32. The van der Waals surface area contributed by atoms with Gasteiger partial charge in [0, 0.05) is 6.04 Å². The van der Waals surface area contributed by atoms with Crippen molar-refractivity contribution in [3.05, 3.63) is 28.8 Å². The van der Waals surface area contributed by atoms with E-state index in [9.17, 15) is 4.79 Å². The molecule has 0 aliphatic heterocycles. The summed E-state index contributed by atoms with van der Waals surface area (Å²) in [5.74, 6) is 2.59. The quantitative estimate of drug-likeness (QED) is 0.704. The van der Waals surface area contributed by atoms with Crippen LogP contribution in [-0.4, -0.2) is 35.4 Å². The summed E-state index contributed by atoms with van der Waals surface area (Å²) in [6, 6.07) is 4.36. The van der Waals surface area contributed by atoms with Crippen LogP contribution in [-0.2, 0) is 11.2 Å². The Morgan fingerprint density at radius 1 is 1.11 bits per heavy atom. The zero-order valence-electron chi connectivity index (χ0n) is 17.0. The number of carboxylic acid groups (broad SMARTS) is 2. The Morgan fingerprint density at radius 2 is 1.59 bits per heavy atom. The second kappa shape index (κ2) is 10.8. The zero-order valence-corrected chi connectivity index (χ0v) is 17.0. The van der Waals surface area contributed by atoms with Gasteiger partial charge in [0.2, 0.25) is 5.91 Å². The summed E-state index contributed by atoms with van der Waals surface area (Å²) in [6.45, 7) is 8.70. The lowest BCUT2D eigenvalue weighted by Crippen LogP contribution is -2.39. The van der Waals surface area contributed by atoms with E-state index in [1.165, 1.54) is 12.8 Å². The highest BCUT2D eigenvalue weighted by Crippen LogP contribution is 2.30. The Balaban J connectivity index is 0.000000828. The molecule has 1 fully saturated rings. The molecule has 0 saturated heterocycles. The summed E-state index contributed by atoms with van der Waals surface area (Å²) in [5, 5.41) is 17.2. The SMILES string of the molecule is COc1cc(C)c(CC(=O)NC2CCC(C(C)C)CC2)c(C)c1.O=C(O)O. The van der Waals surface area contributed by atoms with Gasteiger partial charge < -0.3 is 20.3 Å². The van der Waals surface area contributed by atoms with Crippen molar-refractivity contribution < 1.29 is 24.5 Å². The molecule has 0 heterocycles. The lowest BCUT2D eigenvalue weighted by Gasteiger charge is -2.31. The Morgan fingerprint density at radius 3 is 2.00 bits per heavy atom. The molecule has 6 nitrogen and oxygen atoms in total. The number of benzene rings is 1. The van der Waals surface area contributed by atoms with E-state index in [2.05, 4.69) is 19.2 Å². The monoisotopic (exact) mass is 379 g/mol. The minimum Gasteiger partial charge on any atom is -0.497 e. The van der Waals surface area contributed by atoms with Gasteiger partial charge in [0.25, 0.3) is 0 Å². The first-order valence-electron chi connectivity index (χ1n) is 9.49. The number of hydrogen-bond donors (Lipinski definition) is 3. The van der Waals surface area contributed by atoms with E-state index in [4.69, 9.17) is 19.7 Å². The molecule has 1 saturated carbocycles. The van der Waals surface area contributed by atoms with Crippen LogP contribution in [0.3, 0.4) is 0 Å². The van der Waals surface area contributed by atoms with Crippen LogP contribution in [0.5, 0.6) is 5.75 Å². The van der Waals surface area contributed by atoms with Gasteiger partial charge >= 0.3 is 6.16 Å². The smallest absolute Gasteiger partial charge is 0.497 e.